The number of carbonyl (C=O) groups is 1. The zero-order valence-electron chi connectivity index (χ0n) is 12.7. The first kappa shape index (κ1) is 19.1. The lowest BCUT2D eigenvalue weighted by molar-refractivity contribution is -0.889. The van der Waals surface area contributed by atoms with Gasteiger partial charge in [0.1, 0.15) is 0 Å². The van der Waals surface area contributed by atoms with E-state index in [0.29, 0.717) is 18.5 Å². The molecule has 0 aliphatic carbocycles. The molecule has 0 saturated carbocycles. The summed E-state index contributed by atoms with van der Waals surface area (Å²) in [5.74, 6) is -0.298. The summed E-state index contributed by atoms with van der Waals surface area (Å²) in [4.78, 5) is 11.3. The van der Waals surface area contributed by atoms with E-state index in [4.69, 9.17) is 4.55 Å². The fourth-order valence-electron chi connectivity index (χ4n) is 1.74. The molecular weight excluding hydrogens is 280 g/mol. The Labute approximate surface area is 122 Å². The Kier molecular flexibility index (Phi) is 8.00. The highest BCUT2D eigenvalue weighted by atomic mass is 32.2. The van der Waals surface area contributed by atoms with Crippen molar-refractivity contribution in [2.75, 3.05) is 39.5 Å². The van der Waals surface area contributed by atoms with Crippen molar-refractivity contribution in [3.63, 3.8) is 0 Å². The zero-order valence-corrected chi connectivity index (χ0v) is 13.5. The van der Waals surface area contributed by atoms with Crippen LogP contribution in [0.25, 0.3) is 0 Å². The molecule has 118 valence electrons. The van der Waals surface area contributed by atoms with Crippen molar-refractivity contribution in [3.8, 4) is 0 Å². The van der Waals surface area contributed by atoms with Gasteiger partial charge >= 0.3 is 0 Å². The summed E-state index contributed by atoms with van der Waals surface area (Å²) >= 11 is 0. The standard InChI is InChI=1S/C13H26N2O4S/c1-12(2)13(16)14-8-10-15(3,4)9-6-5-7-11-20(17,18)19/h1,5-11H2,2-4H3,(H-,14,16,17,18,19)/p+1. The SMILES string of the molecule is C=C(C)C(=O)NCC[N+](C)(C)CCCCCS(=O)(=O)O. The van der Waals surface area contributed by atoms with Gasteiger partial charge in [0.15, 0.2) is 0 Å². The van der Waals surface area contributed by atoms with Crippen molar-refractivity contribution in [2.24, 2.45) is 0 Å². The van der Waals surface area contributed by atoms with Gasteiger partial charge < -0.3 is 9.80 Å². The lowest BCUT2D eigenvalue weighted by atomic mass is 10.2. The van der Waals surface area contributed by atoms with Crippen molar-refractivity contribution >= 4 is 16.0 Å². The van der Waals surface area contributed by atoms with Gasteiger partial charge in [0, 0.05) is 5.57 Å². The fraction of sp³-hybridized carbons (Fsp3) is 0.769. The van der Waals surface area contributed by atoms with Gasteiger partial charge in [-0.25, -0.2) is 0 Å². The van der Waals surface area contributed by atoms with Crippen LogP contribution in [0.5, 0.6) is 0 Å². The number of hydrogen-bond acceptors (Lipinski definition) is 3. The van der Waals surface area contributed by atoms with E-state index in [1.54, 1.807) is 6.92 Å². The molecule has 0 radical (unpaired) electrons. The molecule has 0 aromatic rings. The molecule has 0 aliphatic heterocycles. The predicted molar refractivity (Wildman–Crippen MR) is 79.9 cm³/mol. The first-order valence-corrected chi connectivity index (χ1v) is 8.35. The second-order valence-corrected chi connectivity index (χ2v) is 7.34. The van der Waals surface area contributed by atoms with Gasteiger partial charge in [0.25, 0.3) is 10.1 Å². The maximum absolute atomic E-state index is 11.3. The zero-order chi connectivity index (χ0) is 15.8. The van der Waals surface area contributed by atoms with Crippen molar-refractivity contribution in [1.82, 2.24) is 5.32 Å². The van der Waals surface area contributed by atoms with Crippen LogP contribution in [0.4, 0.5) is 0 Å². The molecule has 2 N–H and O–H groups in total. The number of nitrogens with zero attached hydrogens (tertiary/aromatic N) is 1. The highest BCUT2D eigenvalue weighted by Crippen LogP contribution is 2.04. The minimum atomic E-state index is -3.83. The van der Waals surface area contributed by atoms with E-state index < -0.39 is 10.1 Å². The van der Waals surface area contributed by atoms with Gasteiger partial charge in [-0.15, -0.1) is 0 Å². The number of rotatable bonds is 10. The molecule has 0 aliphatic rings. The van der Waals surface area contributed by atoms with E-state index in [1.807, 2.05) is 0 Å². The molecule has 1 amide bonds. The van der Waals surface area contributed by atoms with Crippen LogP contribution in [-0.4, -0.2) is 62.8 Å². The van der Waals surface area contributed by atoms with Crippen LogP contribution in [0.3, 0.4) is 0 Å². The lowest BCUT2D eigenvalue weighted by Crippen LogP contribution is -2.46. The summed E-state index contributed by atoms with van der Waals surface area (Å²) in [6.07, 6.45) is 2.13. The van der Waals surface area contributed by atoms with Gasteiger partial charge in [-0.3, -0.25) is 9.35 Å². The molecule has 0 rings (SSSR count). The molecule has 0 spiro atoms. The number of unbranched alkanes of at least 4 members (excludes halogenated alkanes) is 2. The molecule has 0 aromatic heterocycles. The minimum absolute atomic E-state index is 0.127. The van der Waals surface area contributed by atoms with E-state index in [9.17, 15) is 13.2 Å². The second kappa shape index (κ2) is 8.39. The third kappa shape index (κ3) is 11.0. The van der Waals surface area contributed by atoms with Crippen molar-refractivity contribution in [2.45, 2.75) is 26.2 Å². The Morgan fingerprint density at radius 3 is 2.30 bits per heavy atom. The maximum atomic E-state index is 11.3. The number of likely N-dealkylation sites (N-methyl/N-ethyl adjacent to an activating group) is 1. The van der Waals surface area contributed by atoms with Crippen LogP contribution >= 0.6 is 0 Å². The quantitative estimate of drug-likeness (QED) is 0.271. The summed E-state index contributed by atoms with van der Waals surface area (Å²) < 4.78 is 30.5. The van der Waals surface area contributed by atoms with Crippen LogP contribution in [0.2, 0.25) is 0 Å². The predicted octanol–water partition coefficient (Wildman–Crippen LogP) is 0.813. The van der Waals surface area contributed by atoms with Gasteiger partial charge in [0.2, 0.25) is 5.91 Å². The van der Waals surface area contributed by atoms with Gasteiger partial charge in [-0.1, -0.05) is 6.58 Å². The minimum Gasteiger partial charge on any atom is -0.347 e. The Hall–Kier alpha value is -0.920. The average molecular weight is 307 g/mol. The summed E-state index contributed by atoms with van der Waals surface area (Å²) in [7, 11) is 0.298. The van der Waals surface area contributed by atoms with E-state index in [2.05, 4.69) is 26.0 Å². The number of quaternary nitrogens is 1. The van der Waals surface area contributed by atoms with Crippen LogP contribution in [0.1, 0.15) is 26.2 Å². The monoisotopic (exact) mass is 307 g/mol. The second-order valence-electron chi connectivity index (χ2n) is 5.77. The molecule has 0 heterocycles. The molecule has 0 bridgehead atoms. The third-order valence-corrected chi connectivity index (χ3v) is 3.86. The van der Waals surface area contributed by atoms with Crippen molar-refractivity contribution in [1.29, 1.82) is 0 Å². The summed E-state index contributed by atoms with van der Waals surface area (Å²) in [6, 6.07) is 0. The van der Waals surface area contributed by atoms with E-state index >= 15 is 0 Å². The number of nitrogens with one attached hydrogen (secondary N) is 1. The highest BCUT2D eigenvalue weighted by molar-refractivity contribution is 7.85. The molecule has 20 heavy (non-hydrogen) atoms. The van der Waals surface area contributed by atoms with Crippen LogP contribution < -0.4 is 5.32 Å². The van der Waals surface area contributed by atoms with E-state index in [-0.39, 0.29) is 11.7 Å². The number of hydrogen-bond donors (Lipinski definition) is 2. The number of amides is 1. The van der Waals surface area contributed by atoms with E-state index in [0.717, 1.165) is 30.4 Å². The molecule has 0 saturated heterocycles. The summed E-state index contributed by atoms with van der Waals surface area (Å²) in [6.45, 7) is 7.53. The average Bonchev–Trinajstić information content (AvgIpc) is 2.26. The first-order chi connectivity index (χ1) is 9.03. The van der Waals surface area contributed by atoms with Gasteiger partial charge in [-0.2, -0.15) is 8.42 Å². The fourth-order valence-corrected chi connectivity index (χ4v) is 2.30. The molecule has 0 atom stereocenters. The molecular formula is C13H27N2O4S+. The maximum Gasteiger partial charge on any atom is 0.264 e. The molecule has 0 aromatic carbocycles. The van der Waals surface area contributed by atoms with Crippen molar-refractivity contribution in [3.05, 3.63) is 12.2 Å². The Balaban J connectivity index is 3.79. The Bertz CT molecular complexity index is 430. The summed E-state index contributed by atoms with van der Waals surface area (Å²) in [5, 5.41) is 2.79. The Morgan fingerprint density at radius 1 is 1.20 bits per heavy atom. The smallest absolute Gasteiger partial charge is 0.264 e. The van der Waals surface area contributed by atoms with Crippen LogP contribution in [-0.2, 0) is 14.9 Å². The topological polar surface area (TPSA) is 83.5 Å². The number of carbonyl (C=O) groups excluding carboxylic acids is 1. The molecule has 7 heteroatoms. The van der Waals surface area contributed by atoms with E-state index in [1.165, 1.54) is 0 Å². The van der Waals surface area contributed by atoms with Gasteiger partial charge in [-0.05, 0) is 26.2 Å². The molecule has 6 nitrogen and oxygen atoms in total. The van der Waals surface area contributed by atoms with Gasteiger partial charge in [0.05, 0.1) is 39.5 Å². The highest BCUT2D eigenvalue weighted by Gasteiger charge is 2.15. The Morgan fingerprint density at radius 2 is 1.80 bits per heavy atom. The molecule has 0 fully saturated rings. The van der Waals surface area contributed by atoms with Crippen LogP contribution in [0.15, 0.2) is 12.2 Å². The lowest BCUT2D eigenvalue weighted by Gasteiger charge is -2.30. The third-order valence-electron chi connectivity index (χ3n) is 3.06. The van der Waals surface area contributed by atoms with Crippen LogP contribution in [0, 0.1) is 0 Å². The largest absolute Gasteiger partial charge is 0.347 e. The first-order valence-electron chi connectivity index (χ1n) is 6.74. The van der Waals surface area contributed by atoms with Crippen molar-refractivity contribution < 1.29 is 22.2 Å². The summed E-state index contributed by atoms with van der Waals surface area (Å²) in [5.41, 5.74) is 0.500. The normalized spacial score (nSPS) is 12.2. The molecule has 0 unspecified atom stereocenters.